The van der Waals surface area contributed by atoms with E-state index in [2.05, 4.69) is 24.7 Å². The number of aliphatic hydroxyl groups excluding tert-OH is 1. The molecule has 0 spiro atoms. The SMILES string of the molecule is C#CC1C=CC2CCCCC2C1CC[C@@H]1C[C@@H](O)CC(=O)O1.C=CC.CC.CC.CC.CCC(C)(C)C(=O)O. The summed E-state index contributed by atoms with van der Waals surface area (Å²) in [7, 11) is 0. The Morgan fingerprint density at radius 1 is 1.13 bits per heavy atom. The number of terminal acetylenes is 1. The molecule has 5 heteroatoms. The van der Waals surface area contributed by atoms with Crippen molar-refractivity contribution in [2.24, 2.45) is 29.1 Å². The maximum absolute atomic E-state index is 11.5. The molecule has 2 N–H and O–H groups in total. The quantitative estimate of drug-likeness (QED) is 0.203. The van der Waals surface area contributed by atoms with Crippen LogP contribution in [-0.2, 0) is 14.3 Å². The number of rotatable bonds is 5. The van der Waals surface area contributed by atoms with Gasteiger partial charge < -0.3 is 14.9 Å². The van der Waals surface area contributed by atoms with Crippen molar-refractivity contribution in [1.29, 1.82) is 0 Å². The van der Waals surface area contributed by atoms with Gasteiger partial charge in [0.25, 0.3) is 0 Å². The van der Waals surface area contributed by atoms with E-state index in [1.165, 1.54) is 25.7 Å². The number of cyclic esters (lactones) is 1. The van der Waals surface area contributed by atoms with Gasteiger partial charge in [-0.15, -0.1) is 13.0 Å². The molecule has 0 aromatic carbocycles. The van der Waals surface area contributed by atoms with E-state index in [4.69, 9.17) is 16.3 Å². The van der Waals surface area contributed by atoms with Gasteiger partial charge in [-0.2, -0.15) is 0 Å². The lowest BCUT2D eigenvalue weighted by Crippen LogP contribution is -2.36. The molecule has 0 aromatic heterocycles. The minimum Gasteiger partial charge on any atom is -0.481 e. The van der Waals surface area contributed by atoms with Crippen LogP contribution in [0.1, 0.15) is 127 Å². The lowest BCUT2D eigenvalue weighted by Gasteiger charge is -2.41. The third-order valence-corrected chi connectivity index (χ3v) is 7.16. The summed E-state index contributed by atoms with van der Waals surface area (Å²) >= 11 is 0. The van der Waals surface area contributed by atoms with Gasteiger partial charge in [-0.25, -0.2) is 0 Å². The summed E-state index contributed by atoms with van der Waals surface area (Å²) in [4.78, 5) is 21.7. The standard InChI is InChI=1S/C19H26O3.C6H12O2.C3H6.3C2H6/c1-2-13-7-8-14-5-3-4-6-17(14)18(13)10-9-16-11-15(20)12-19(21)22-16;1-4-6(2,3)5(7)8;1-3-2;3*1-2/h1,7-8,13-18,20H,3-6,9-12H2;4H2,1-3H3,(H,7,8);3H,1H2,2H3;3*1-2H3/t13?,14?,15-,16-,17?,18?;;;;;/m1...../s1. The molecule has 1 saturated heterocycles. The zero-order valence-corrected chi connectivity index (χ0v) is 27.0. The van der Waals surface area contributed by atoms with Crippen molar-refractivity contribution in [3.8, 4) is 12.3 Å². The Bertz CT molecular complexity index is 703. The number of fused-ring (bicyclic) bond motifs is 1. The molecule has 3 aliphatic rings. The predicted octanol–water partition coefficient (Wildman–Crippen LogP) is 8.85. The van der Waals surface area contributed by atoms with Gasteiger partial charge in [0.1, 0.15) is 6.10 Å². The summed E-state index contributed by atoms with van der Waals surface area (Å²) in [5, 5.41) is 18.2. The number of carboxylic acids is 1. The number of allylic oxidation sites excluding steroid dienone is 3. The molecule has 5 nitrogen and oxygen atoms in total. The first kappa shape index (κ1) is 41.4. The molecule has 1 saturated carbocycles. The lowest BCUT2D eigenvalue weighted by atomic mass is 9.63. The molecule has 0 bridgehead atoms. The van der Waals surface area contributed by atoms with E-state index >= 15 is 0 Å². The smallest absolute Gasteiger partial charge is 0.309 e. The topological polar surface area (TPSA) is 83.8 Å². The maximum atomic E-state index is 11.5. The number of ether oxygens (including phenoxy) is 1. The van der Waals surface area contributed by atoms with Gasteiger partial charge in [0.15, 0.2) is 0 Å². The predicted molar refractivity (Wildman–Crippen MR) is 166 cm³/mol. The third-order valence-electron chi connectivity index (χ3n) is 7.16. The number of hydrogen-bond acceptors (Lipinski definition) is 4. The van der Waals surface area contributed by atoms with Crippen LogP contribution >= 0.6 is 0 Å². The van der Waals surface area contributed by atoms with Crippen LogP contribution in [0.2, 0.25) is 0 Å². The minimum atomic E-state index is -0.722. The van der Waals surface area contributed by atoms with Crippen molar-refractivity contribution in [3.63, 3.8) is 0 Å². The molecule has 2 fully saturated rings. The molecular formula is C34H62O5. The van der Waals surface area contributed by atoms with Crippen molar-refractivity contribution in [2.75, 3.05) is 0 Å². The molecule has 4 unspecified atom stereocenters. The highest BCUT2D eigenvalue weighted by Gasteiger charge is 2.37. The molecule has 3 rings (SSSR count). The first-order valence-electron chi connectivity index (χ1n) is 15.4. The molecule has 2 aliphatic carbocycles. The molecule has 1 heterocycles. The van der Waals surface area contributed by atoms with Crippen LogP contribution in [0.25, 0.3) is 0 Å². The fourth-order valence-electron chi connectivity index (χ4n) is 4.77. The summed E-state index contributed by atoms with van der Waals surface area (Å²) in [6.45, 7) is 22.6. The van der Waals surface area contributed by atoms with Gasteiger partial charge >= 0.3 is 11.9 Å². The Morgan fingerprint density at radius 2 is 1.67 bits per heavy atom. The number of aliphatic hydroxyl groups is 1. The maximum Gasteiger partial charge on any atom is 0.309 e. The Kier molecular flexibility index (Phi) is 26.5. The molecule has 228 valence electrons. The van der Waals surface area contributed by atoms with Crippen molar-refractivity contribution in [2.45, 2.75) is 139 Å². The number of carbonyl (C=O) groups is 2. The molecule has 1 aliphatic heterocycles. The average Bonchev–Trinajstić information content (AvgIpc) is 2.95. The van der Waals surface area contributed by atoms with Gasteiger partial charge in [-0.05, 0) is 70.6 Å². The van der Waals surface area contributed by atoms with Crippen molar-refractivity contribution in [1.82, 2.24) is 0 Å². The van der Waals surface area contributed by atoms with Crippen LogP contribution < -0.4 is 0 Å². The summed E-state index contributed by atoms with van der Waals surface area (Å²) in [5.41, 5.74) is -0.542. The second-order valence-electron chi connectivity index (χ2n) is 10.1. The van der Waals surface area contributed by atoms with E-state index in [0.717, 1.165) is 12.8 Å². The largest absolute Gasteiger partial charge is 0.481 e. The monoisotopic (exact) mass is 550 g/mol. The Hall–Kier alpha value is -2.06. The van der Waals surface area contributed by atoms with Gasteiger partial charge in [0.05, 0.1) is 17.9 Å². The van der Waals surface area contributed by atoms with E-state index in [9.17, 15) is 14.7 Å². The third kappa shape index (κ3) is 16.6. The molecule has 0 amide bonds. The zero-order chi connectivity index (χ0) is 31.0. The molecule has 6 atom stereocenters. The Labute approximate surface area is 241 Å². The van der Waals surface area contributed by atoms with Crippen molar-refractivity contribution < 1.29 is 24.5 Å². The number of hydrogen-bond donors (Lipinski definition) is 2. The van der Waals surface area contributed by atoms with Crippen LogP contribution in [0.4, 0.5) is 0 Å². The van der Waals surface area contributed by atoms with E-state index in [0.29, 0.717) is 30.6 Å². The molecular weight excluding hydrogens is 488 g/mol. The average molecular weight is 551 g/mol. The zero-order valence-electron chi connectivity index (χ0n) is 27.0. The normalized spacial score (nSPS) is 26.5. The first-order valence-corrected chi connectivity index (χ1v) is 15.4. The second kappa shape index (κ2) is 24.9. The highest BCUT2D eigenvalue weighted by atomic mass is 16.5. The van der Waals surface area contributed by atoms with E-state index in [1.54, 1.807) is 19.9 Å². The molecule has 39 heavy (non-hydrogen) atoms. The fraction of sp³-hybridized carbons (Fsp3) is 0.765. The van der Waals surface area contributed by atoms with Gasteiger partial charge in [-0.1, -0.05) is 85.5 Å². The lowest BCUT2D eigenvalue weighted by molar-refractivity contribution is -0.160. The summed E-state index contributed by atoms with van der Waals surface area (Å²) in [6.07, 6.45) is 19.8. The van der Waals surface area contributed by atoms with Crippen LogP contribution in [0.15, 0.2) is 24.8 Å². The van der Waals surface area contributed by atoms with Gasteiger partial charge in [-0.3, -0.25) is 9.59 Å². The van der Waals surface area contributed by atoms with E-state index < -0.39 is 17.5 Å². The van der Waals surface area contributed by atoms with Crippen LogP contribution in [0.5, 0.6) is 0 Å². The summed E-state index contributed by atoms with van der Waals surface area (Å²) in [6, 6.07) is 0. The number of aliphatic carboxylic acids is 1. The van der Waals surface area contributed by atoms with Crippen molar-refractivity contribution in [3.05, 3.63) is 24.8 Å². The number of carbonyl (C=O) groups excluding carboxylic acids is 1. The summed E-state index contributed by atoms with van der Waals surface area (Å²) in [5.74, 6) is 4.04. The number of esters is 1. The van der Waals surface area contributed by atoms with Gasteiger partial charge in [0.2, 0.25) is 0 Å². The van der Waals surface area contributed by atoms with Crippen LogP contribution in [-0.4, -0.2) is 34.4 Å². The van der Waals surface area contributed by atoms with Crippen LogP contribution in [0.3, 0.4) is 0 Å². The van der Waals surface area contributed by atoms with Crippen LogP contribution in [0, 0.1) is 41.4 Å². The fourth-order valence-corrected chi connectivity index (χ4v) is 4.77. The Balaban J connectivity index is -0.000000639. The molecule has 0 radical (unpaired) electrons. The van der Waals surface area contributed by atoms with Crippen molar-refractivity contribution >= 4 is 11.9 Å². The second-order valence-corrected chi connectivity index (χ2v) is 10.1. The first-order chi connectivity index (χ1) is 18.6. The Morgan fingerprint density at radius 3 is 2.10 bits per heavy atom. The highest BCUT2D eigenvalue weighted by molar-refractivity contribution is 5.73. The van der Waals surface area contributed by atoms with Gasteiger partial charge in [0, 0.05) is 12.3 Å². The highest BCUT2D eigenvalue weighted by Crippen LogP contribution is 2.45. The van der Waals surface area contributed by atoms with E-state index in [-0.39, 0.29) is 24.4 Å². The number of carboxylic acid groups (broad SMARTS) is 1. The minimum absolute atomic E-state index is 0.136. The summed E-state index contributed by atoms with van der Waals surface area (Å²) < 4.78 is 5.38. The molecule has 0 aromatic rings. The van der Waals surface area contributed by atoms with E-state index in [1.807, 2.05) is 55.4 Å².